The summed E-state index contributed by atoms with van der Waals surface area (Å²) >= 11 is 5.82. The number of amides is 1. The smallest absolute Gasteiger partial charge is 0.223 e. The summed E-state index contributed by atoms with van der Waals surface area (Å²) in [5, 5.41) is 3.69. The van der Waals surface area contributed by atoms with E-state index in [-0.39, 0.29) is 24.2 Å². The molecule has 1 atom stereocenters. The van der Waals surface area contributed by atoms with E-state index in [9.17, 15) is 4.79 Å². The number of benzene rings is 1. The Labute approximate surface area is 152 Å². The van der Waals surface area contributed by atoms with Gasteiger partial charge in [0.05, 0.1) is 18.6 Å². The van der Waals surface area contributed by atoms with Crippen LogP contribution in [0.2, 0.25) is 5.02 Å². The van der Waals surface area contributed by atoms with Gasteiger partial charge in [-0.05, 0) is 43.5 Å². The first kappa shape index (κ1) is 18.6. The van der Waals surface area contributed by atoms with E-state index in [1.54, 1.807) is 18.5 Å². The predicted molar refractivity (Wildman–Crippen MR) is 95.9 cm³/mol. The molecule has 0 saturated heterocycles. The van der Waals surface area contributed by atoms with Gasteiger partial charge in [-0.2, -0.15) is 0 Å². The Kier molecular flexibility index (Phi) is 6.94. The van der Waals surface area contributed by atoms with Crippen molar-refractivity contribution in [1.82, 2.24) is 15.3 Å². The monoisotopic (exact) mass is 369 g/mol. The second-order valence-electron chi connectivity index (χ2n) is 5.71. The lowest BCUT2D eigenvalue weighted by atomic mass is 9.89. The molecule has 0 bridgehead atoms. The minimum atomic E-state index is 0. The molecule has 5 nitrogen and oxygen atoms in total. The largest absolute Gasteiger partial charge is 0.494 e. The van der Waals surface area contributed by atoms with Crippen LogP contribution in [-0.2, 0) is 17.6 Å². The molecule has 1 aromatic carbocycles. The summed E-state index contributed by atoms with van der Waals surface area (Å²) in [6.07, 6.45) is 4.97. The van der Waals surface area contributed by atoms with E-state index in [0.717, 1.165) is 42.8 Å². The van der Waals surface area contributed by atoms with E-state index in [2.05, 4.69) is 15.3 Å². The van der Waals surface area contributed by atoms with Crippen molar-refractivity contribution in [3.05, 3.63) is 47.0 Å². The third-order valence-electron chi connectivity index (χ3n) is 4.06. The number of imidazole rings is 1. The van der Waals surface area contributed by atoms with Gasteiger partial charge in [0, 0.05) is 29.6 Å². The number of fused-ring (bicyclic) bond motifs is 1. The number of carbonyl (C=O) groups excluding carboxylic acids is 1. The number of nitrogens with zero attached hydrogens (tertiary/aromatic N) is 1. The van der Waals surface area contributed by atoms with Crippen molar-refractivity contribution in [2.75, 3.05) is 13.2 Å². The minimum absolute atomic E-state index is 0. The molecule has 1 heterocycles. The lowest BCUT2D eigenvalue weighted by Crippen LogP contribution is -2.35. The molecule has 1 aromatic heterocycles. The minimum Gasteiger partial charge on any atom is -0.494 e. The maximum Gasteiger partial charge on any atom is 0.223 e. The van der Waals surface area contributed by atoms with Crippen LogP contribution in [0.15, 0.2) is 30.6 Å². The van der Waals surface area contributed by atoms with Crippen molar-refractivity contribution in [1.29, 1.82) is 0 Å². The highest BCUT2D eigenvalue weighted by Crippen LogP contribution is 2.22. The number of aromatic amines is 1. The van der Waals surface area contributed by atoms with Crippen LogP contribution >= 0.6 is 24.0 Å². The van der Waals surface area contributed by atoms with E-state index in [0.29, 0.717) is 18.2 Å². The molecule has 0 saturated carbocycles. The van der Waals surface area contributed by atoms with Crippen molar-refractivity contribution < 1.29 is 9.53 Å². The number of halogens is 2. The molecule has 3 rings (SSSR count). The lowest BCUT2D eigenvalue weighted by molar-refractivity contribution is -0.125. The number of nitrogens with one attached hydrogen (secondary N) is 2. The fourth-order valence-electron chi connectivity index (χ4n) is 2.77. The zero-order valence-electron chi connectivity index (χ0n) is 13.3. The summed E-state index contributed by atoms with van der Waals surface area (Å²) < 4.78 is 5.60. The summed E-state index contributed by atoms with van der Waals surface area (Å²) in [4.78, 5) is 19.6. The Hall–Kier alpha value is -1.72. The van der Waals surface area contributed by atoms with Gasteiger partial charge >= 0.3 is 0 Å². The van der Waals surface area contributed by atoms with Crippen LogP contribution in [0.3, 0.4) is 0 Å². The van der Waals surface area contributed by atoms with Crippen LogP contribution in [0.4, 0.5) is 0 Å². The highest BCUT2D eigenvalue weighted by molar-refractivity contribution is 6.30. The highest BCUT2D eigenvalue weighted by atomic mass is 35.5. The fourth-order valence-corrected chi connectivity index (χ4v) is 2.90. The first-order valence-electron chi connectivity index (χ1n) is 7.89. The van der Waals surface area contributed by atoms with Gasteiger partial charge in [-0.1, -0.05) is 11.6 Å². The summed E-state index contributed by atoms with van der Waals surface area (Å²) in [5.41, 5.74) is 2.20. The van der Waals surface area contributed by atoms with E-state index in [1.807, 2.05) is 12.1 Å². The van der Waals surface area contributed by atoms with Crippen LogP contribution < -0.4 is 10.1 Å². The number of aromatic nitrogens is 2. The maximum atomic E-state index is 12.2. The number of hydrogen-bond donors (Lipinski definition) is 2. The van der Waals surface area contributed by atoms with E-state index < -0.39 is 0 Å². The molecule has 1 aliphatic carbocycles. The van der Waals surface area contributed by atoms with Crippen LogP contribution in [0.5, 0.6) is 5.75 Å². The zero-order valence-corrected chi connectivity index (χ0v) is 14.8. The van der Waals surface area contributed by atoms with Gasteiger partial charge in [0.1, 0.15) is 5.75 Å². The summed E-state index contributed by atoms with van der Waals surface area (Å²) in [6, 6.07) is 7.27. The maximum absolute atomic E-state index is 12.2. The van der Waals surface area contributed by atoms with Gasteiger partial charge in [-0.25, -0.2) is 4.98 Å². The number of H-pyrrole nitrogens is 1. The second-order valence-corrected chi connectivity index (χ2v) is 6.15. The molecule has 0 fully saturated rings. The molecule has 1 amide bonds. The highest BCUT2D eigenvalue weighted by Gasteiger charge is 2.25. The van der Waals surface area contributed by atoms with Gasteiger partial charge < -0.3 is 15.0 Å². The Morgan fingerprint density at radius 3 is 2.96 bits per heavy atom. The average molecular weight is 370 g/mol. The SMILES string of the molecule is Cl.O=C(NCCCOc1ccc(Cl)cc1)C1CCc2nc[nH]c2C1. The van der Waals surface area contributed by atoms with Crippen molar-refractivity contribution >= 4 is 29.9 Å². The Morgan fingerprint density at radius 2 is 2.17 bits per heavy atom. The number of aryl methyl sites for hydroxylation is 1. The summed E-state index contributed by atoms with van der Waals surface area (Å²) in [7, 11) is 0. The molecule has 7 heteroatoms. The molecule has 130 valence electrons. The molecule has 24 heavy (non-hydrogen) atoms. The standard InChI is InChI=1S/C17H20ClN3O2.ClH/c18-13-3-5-14(6-4-13)23-9-1-8-19-17(22)12-2-7-15-16(10-12)21-11-20-15;/h3-6,11-12H,1-2,7-10H2,(H,19,22)(H,20,21);1H. The molecule has 0 aliphatic heterocycles. The third-order valence-corrected chi connectivity index (χ3v) is 4.31. The Balaban J connectivity index is 0.00000208. The lowest BCUT2D eigenvalue weighted by Gasteiger charge is -2.20. The second kappa shape index (κ2) is 8.94. The zero-order chi connectivity index (χ0) is 16.1. The molecule has 0 radical (unpaired) electrons. The number of ether oxygens (including phenoxy) is 1. The molecule has 0 spiro atoms. The number of carbonyl (C=O) groups is 1. The van der Waals surface area contributed by atoms with Crippen LogP contribution in [0, 0.1) is 5.92 Å². The Bertz CT molecular complexity index is 658. The van der Waals surface area contributed by atoms with Gasteiger partial charge in [0.25, 0.3) is 0 Å². The Morgan fingerprint density at radius 1 is 1.38 bits per heavy atom. The number of hydrogen-bond acceptors (Lipinski definition) is 3. The van der Waals surface area contributed by atoms with Gasteiger partial charge in [-0.3, -0.25) is 4.79 Å². The summed E-state index contributed by atoms with van der Waals surface area (Å²) in [5.74, 6) is 0.955. The van der Waals surface area contributed by atoms with Gasteiger partial charge in [0.2, 0.25) is 5.91 Å². The molecule has 2 aromatic rings. The van der Waals surface area contributed by atoms with E-state index in [1.165, 1.54) is 0 Å². The molecule has 1 unspecified atom stereocenters. The molecule has 1 aliphatic rings. The fraction of sp³-hybridized carbons (Fsp3) is 0.412. The average Bonchev–Trinajstić information content (AvgIpc) is 3.03. The van der Waals surface area contributed by atoms with Gasteiger partial charge in [0.15, 0.2) is 0 Å². The van der Waals surface area contributed by atoms with Crippen molar-refractivity contribution in [2.24, 2.45) is 5.92 Å². The first-order chi connectivity index (χ1) is 11.2. The predicted octanol–water partition coefficient (Wildman–Crippen LogP) is 3.18. The normalized spacial score (nSPS) is 16.0. The van der Waals surface area contributed by atoms with Crippen LogP contribution in [0.1, 0.15) is 24.2 Å². The third kappa shape index (κ3) is 4.89. The van der Waals surface area contributed by atoms with Crippen LogP contribution in [0.25, 0.3) is 0 Å². The summed E-state index contributed by atoms with van der Waals surface area (Å²) in [6.45, 7) is 1.19. The van der Waals surface area contributed by atoms with Crippen molar-refractivity contribution in [3.63, 3.8) is 0 Å². The van der Waals surface area contributed by atoms with Gasteiger partial charge in [-0.15, -0.1) is 12.4 Å². The van der Waals surface area contributed by atoms with Crippen molar-refractivity contribution in [3.8, 4) is 5.75 Å². The quantitative estimate of drug-likeness (QED) is 0.768. The first-order valence-corrected chi connectivity index (χ1v) is 8.27. The number of rotatable bonds is 6. The molecular formula is C17H21Cl2N3O2. The van der Waals surface area contributed by atoms with Crippen molar-refractivity contribution in [2.45, 2.75) is 25.7 Å². The molecular weight excluding hydrogens is 349 g/mol. The van der Waals surface area contributed by atoms with Crippen LogP contribution in [-0.4, -0.2) is 29.0 Å². The topological polar surface area (TPSA) is 67.0 Å². The molecule has 2 N–H and O–H groups in total. The van der Waals surface area contributed by atoms with E-state index >= 15 is 0 Å². The van der Waals surface area contributed by atoms with E-state index in [4.69, 9.17) is 16.3 Å².